The van der Waals surface area contributed by atoms with Crippen LogP contribution in [-0.4, -0.2) is 57.8 Å². The second-order valence-corrected chi connectivity index (χ2v) is 11.9. The number of piperidine rings is 1. The summed E-state index contributed by atoms with van der Waals surface area (Å²) in [5, 5.41) is 10.1. The number of nitrogens with zero attached hydrogens (tertiary/aromatic N) is 5. The molecule has 0 radical (unpaired) electrons. The van der Waals surface area contributed by atoms with Crippen molar-refractivity contribution in [2.45, 2.75) is 46.1 Å². The summed E-state index contributed by atoms with van der Waals surface area (Å²) < 4.78 is 1.29. The Hall–Kier alpha value is -4.25. The van der Waals surface area contributed by atoms with Crippen molar-refractivity contribution in [3.8, 4) is 22.4 Å². The molecular formula is C34H37Cl2N7O3. The molecule has 46 heavy (non-hydrogen) atoms. The van der Waals surface area contributed by atoms with E-state index >= 15 is 0 Å². The van der Waals surface area contributed by atoms with Crippen LogP contribution in [0.4, 0.5) is 21.9 Å². The minimum atomic E-state index is -0.688. The van der Waals surface area contributed by atoms with Gasteiger partial charge in [0, 0.05) is 49.7 Å². The molecular weight excluding hydrogens is 625 g/mol. The van der Waals surface area contributed by atoms with Crippen molar-refractivity contribution < 1.29 is 9.59 Å². The zero-order valence-electron chi connectivity index (χ0n) is 25.9. The minimum Gasteiger partial charge on any atom is -0.311 e. The highest BCUT2D eigenvalue weighted by atomic mass is 35.5. The lowest BCUT2D eigenvalue weighted by atomic mass is 10.0. The van der Waals surface area contributed by atoms with E-state index in [-0.39, 0.29) is 27.3 Å². The number of benzene rings is 2. The molecule has 0 bridgehead atoms. The van der Waals surface area contributed by atoms with Crippen LogP contribution < -0.4 is 21.1 Å². The maximum Gasteiger partial charge on any atom is 0.323 e. The summed E-state index contributed by atoms with van der Waals surface area (Å²) in [5.41, 5.74) is 3.84. The van der Waals surface area contributed by atoms with Crippen LogP contribution >= 0.6 is 23.2 Å². The summed E-state index contributed by atoms with van der Waals surface area (Å²) >= 11 is 12.3. The Morgan fingerprint density at radius 3 is 2.26 bits per heavy atom. The van der Waals surface area contributed by atoms with Gasteiger partial charge in [0.2, 0.25) is 5.91 Å². The van der Waals surface area contributed by atoms with Gasteiger partial charge in [-0.05, 0) is 68.2 Å². The van der Waals surface area contributed by atoms with Crippen molar-refractivity contribution in [3.63, 3.8) is 0 Å². The van der Waals surface area contributed by atoms with Crippen molar-refractivity contribution >= 4 is 52.2 Å². The number of hydrogen-bond donors (Lipinski definition) is 2. The van der Waals surface area contributed by atoms with Gasteiger partial charge in [-0.3, -0.25) is 14.6 Å². The quantitative estimate of drug-likeness (QED) is 0.186. The maximum atomic E-state index is 13.1. The fourth-order valence-corrected chi connectivity index (χ4v) is 5.95. The summed E-state index contributed by atoms with van der Waals surface area (Å²) in [4.78, 5) is 46.9. The van der Waals surface area contributed by atoms with Crippen molar-refractivity contribution in [2.24, 2.45) is 0 Å². The number of amides is 3. The Labute approximate surface area is 278 Å². The van der Waals surface area contributed by atoms with Crippen LogP contribution in [0.3, 0.4) is 0 Å². The predicted molar refractivity (Wildman–Crippen MR) is 185 cm³/mol. The molecule has 12 heteroatoms. The Balaban J connectivity index is 1.36. The second-order valence-electron chi connectivity index (χ2n) is 11.1. The molecule has 1 fully saturated rings. The van der Waals surface area contributed by atoms with Gasteiger partial charge in [0.1, 0.15) is 5.69 Å². The molecule has 2 aromatic heterocycles. The number of hydrogen-bond acceptors (Lipinski definition) is 6. The van der Waals surface area contributed by atoms with E-state index in [4.69, 9.17) is 23.2 Å². The minimum absolute atomic E-state index is 0.0469. The fraction of sp³-hybridized carbons (Fsp3) is 0.324. The van der Waals surface area contributed by atoms with Crippen LogP contribution in [0.5, 0.6) is 0 Å². The summed E-state index contributed by atoms with van der Waals surface area (Å²) in [6.45, 7) is 7.71. The first-order chi connectivity index (χ1) is 22.3. The third-order valence-corrected chi connectivity index (χ3v) is 8.55. The molecule has 5 rings (SSSR count). The monoisotopic (exact) mass is 661 g/mol. The van der Waals surface area contributed by atoms with E-state index in [2.05, 4.69) is 25.6 Å². The first-order valence-corrected chi connectivity index (χ1v) is 16.3. The number of halogens is 2. The molecule has 0 saturated carbocycles. The summed E-state index contributed by atoms with van der Waals surface area (Å²) in [7, 11) is 0. The van der Waals surface area contributed by atoms with Gasteiger partial charge in [-0.1, -0.05) is 66.9 Å². The average molecular weight is 663 g/mol. The number of aryl methyl sites for hydroxylation is 1. The van der Waals surface area contributed by atoms with Crippen molar-refractivity contribution in [2.75, 3.05) is 41.7 Å². The number of rotatable bonds is 10. The Morgan fingerprint density at radius 2 is 1.59 bits per heavy atom. The largest absolute Gasteiger partial charge is 0.323 e. The summed E-state index contributed by atoms with van der Waals surface area (Å²) in [5.74, 6) is 0.106. The number of nitrogens with one attached hydrogen (secondary N) is 2. The number of aromatic nitrogens is 3. The molecule has 0 atom stereocenters. The van der Waals surface area contributed by atoms with E-state index in [1.807, 2.05) is 60.4 Å². The highest BCUT2D eigenvalue weighted by Crippen LogP contribution is 2.30. The predicted octanol–water partition coefficient (Wildman–Crippen LogP) is 7.17. The smallest absolute Gasteiger partial charge is 0.311 e. The second kappa shape index (κ2) is 15.4. The number of carbonyl (C=O) groups is 2. The van der Waals surface area contributed by atoms with E-state index in [1.54, 1.807) is 13.0 Å². The lowest BCUT2D eigenvalue weighted by Crippen LogP contribution is -2.40. The van der Waals surface area contributed by atoms with Crippen LogP contribution in [-0.2, 0) is 11.3 Å². The molecule has 1 saturated heterocycles. The zero-order chi connectivity index (χ0) is 32.6. The lowest BCUT2D eigenvalue weighted by Gasteiger charge is -2.30. The molecule has 4 aromatic rings. The number of likely N-dealkylation sites (tertiary alicyclic amines) is 1. The third kappa shape index (κ3) is 7.93. The van der Waals surface area contributed by atoms with Crippen molar-refractivity contribution in [3.05, 3.63) is 87.4 Å². The number of carbonyl (C=O) groups excluding carboxylic acids is 2. The first-order valence-electron chi connectivity index (χ1n) is 15.5. The van der Waals surface area contributed by atoms with E-state index in [1.165, 1.54) is 36.3 Å². The first kappa shape index (κ1) is 33.1. The van der Waals surface area contributed by atoms with Gasteiger partial charge in [0.15, 0.2) is 0 Å². The Kier molecular flexibility index (Phi) is 11.1. The normalized spacial score (nSPS) is 13.3. The molecule has 240 valence electrons. The average Bonchev–Trinajstić information content (AvgIpc) is 3.08. The molecule has 10 nitrogen and oxygen atoms in total. The van der Waals surface area contributed by atoms with Gasteiger partial charge in [-0.15, -0.1) is 0 Å². The van der Waals surface area contributed by atoms with Crippen molar-refractivity contribution in [1.29, 1.82) is 0 Å². The van der Waals surface area contributed by atoms with Crippen LogP contribution in [0.25, 0.3) is 22.4 Å². The molecule has 1 aliphatic heterocycles. The summed E-state index contributed by atoms with van der Waals surface area (Å²) in [6.07, 6.45) is 6.87. The maximum absolute atomic E-state index is 13.1. The molecule has 0 aliphatic carbocycles. The molecule has 2 N–H and O–H groups in total. The van der Waals surface area contributed by atoms with Crippen LogP contribution in [0, 0.1) is 0 Å². The number of pyridine rings is 1. The van der Waals surface area contributed by atoms with Gasteiger partial charge in [-0.25, -0.2) is 9.48 Å². The number of urea groups is 1. The lowest BCUT2D eigenvalue weighted by molar-refractivity contribution is -0.118. The van der Waals surface area contributed by atoms with Crippen LogP contribution in [0.1, 0.15) is 39.5 Å². The van der Waals surface area contributed by atoms with Gasteiger partial charge in [0.25, 0.3) is 5.56 Å². The molecule has 1 aliphatic rings. The molecule has 3 amide bonds. The SMILES string of the molecule is CCC(=O)N(CCN1CCCCC1)c1ccc(-c2cccc(-c3cc(NC(=O)Nc4c(Cl)cncc4Cl)c(=O)n(CC)n3)c2)cc1. The van der Waals surface area contributed by atoms with Crippen LogP contribution in [0.15, 0.2) is 71.8 Å². The Morgan fingerprint density at radius 1 is 0.891 bits per heavy atom. The highest BCUT2D eigenvalue weighted by Gasteiger charge is 2.18. The van der Waals surface area contributed by atoms with E-state index in [0.29, 0.717) is 25.2 Å². The molecule has 2 aromatic carbocycles. The topological polar surface area (TPSA) is 112 Å². The van der Waals surface area contributed by atoms with E-state index < -0.39 is 11.6 Å². The molecule has 0 unspecified atom stereocenters. The van der Waals surface area contributed by atoms with Gasteiger partial charge in [-0.2, -0.15) is 5.10 Å². The van der Waals surface area contributed by atoms with Gasteiger partial charge >= 0.3 is 6.03 Å². The number of anilines is 3. The summed E-state index contributed by atoms with van der Waals surface area (Å²) in [6, 6.07) is 16.6. The van der Waals surface area contributed by atoms with Gasteiger partial charge < -0.3 is 20.4 Å². The van der Waals surface area contributed by atoms with E-state index in [9.17, 15) is 14.4 Å². The Bertz CT molecular complexity index is 1730. The zero-order valence-corrected chi connectivity index (χ0v) is 27.4. The van der Waals surface area contributed by atoms with Crippen molar-refractivity contribution in [1.82, 2.24) is 19.7 Å². The molecule has 0 spiro atoms. The fourth-order valence-electron chi connectivity index (χ4n) is 5.49. The van der Waals surface area contributed by atoms with Gasteiger partial charge in [0.05, 0.1) is 21.4 Å². The molecule has 3 heterocycles. The highest BCUT2D eigenvalue weighted by molar-refractivity contribution is 6.39. The third-order valence-electron chi connectivity index (χ3n) is 7.98. The standard InChI is InChI=1S/C34H37Cl2N7O3/c1-3-31(44)42(18-17-41-15-6-5-7-16-41)26-13-11-23(12-14-26)24-9-8-10-25(19-24)29-20-30(33(45)43(4-2)40-29)38-34(46)39-32-27(35)21-37-22-28(32)36/h8-14,19-22H,3-7,15-18H2,1-2H3,(H2,37,38,39,46). The van der Waals surface area contributed by atoms with E-state index in [0.717, 1.165) is 42.0 Å². The van der Waals surface area contributed by atoms with Crippen LogP contribution in [0.2, 0.25) is 10.0 Å².